The molecule has 0 aliphatic carbocycles. The lowest BCUT2D eigenvalue weighted by Gasteiger charge is -2.29. The maximum Gasteiger partial charge on any atom is 0.326 e. The van der Waals surface area contributed by atoms with E-state index in [1.54, 1.807) is 0 Å². The fourth-order valence-electron chi connectivity index (χ4n) is 5.17. The first kappa shape index (κ1) is 33.3. The van der Waals surface area contributed by atoms with Gasteiger partial charge in [-0.25, -0.2) is 4.79 Å². The molecule has 0 saturated carbocycles. The Morgan fingerprint density at radius 3 is 1.88 bits per heavy atom. The average Bonchev–Trinajstić information content (AvgIpc) is 3.47. The van der Waals surface area contributed by atoms with Gasteiger partial charge in [-0.2, -0.15) is 0 Å². The van der Waals surface area contributed by atoms with Crippen LogP contribution in [-0.4, -0.2) is 76.4 Å². The number of carboxylic acid groups (broad SMARTS) is 1. The molecule has 1 fully saturated rings. The number of nitrogens with zero attached hydrogens (tertiary/aromatic N) is 1. The maximum absolute atomic E-state index is 13.8. The monoisotopic (exact) mass is 593 g/mol. The molecule has 0 spiro atoms. The summed E-state index contributed by atoms with van der Waals surface area (Å²) in [4.78, 5) is 66.3. The standard InChI is InChI=1S/C32H43N5O6/c1-20(2)17-24(33)29(39)34-21(3)28(38)35-25(18-22-11-6-4-7-12-22)30(40)36-26(19-23-13-8-5-9-14-23)31(41)37-16-10-15-27(37)32(42)43/h4-9,11-14,20-21,24-27H,10,15-19,33H2,1-3H3,(H,34,39)(H,35,38)(H,36,40)(H,42,43)/t21-,24-,25-,26-,27-/m0/s1. The molecule has 5 atom stereocenters. The Morgan fingerprint density at radius 2 is 1.35 bits per heavy atom. The second kappa shape index (κ2) is 15.8. The fourth-order valence-corrected chi connectivity index (χ4v) is 5.17. The van der Waals surface area contributed by atoms with E-state index in [1.807, 2.05) is 74.5 Å². The van der Waals surface area contributed by atoms with E-state index in [-0.39, 0.29) is 25.3 Å². The molecule has 1 aliphatic heterocycles. The van der Waals surface area contributed by atoms with Crippen molar-refractivity contribution >= 4 is 29.6 Å². The lowest BCUT2D eigenvalue weighted by Crippen LogP contribution is -2.59. The highest BCUT2D eigenvalue weighted by atomic mass is 16.4. The molecule has 4 amide bonds. The predicted octanol–water partition coefficient (Wildman–Crippen LogP) is 1.40. The van der Waals surface area contributed by atoms with E-state index in [4.69, 9.17) is 5.73 Å². The molecule has 43 heavy (non-hydrogen) atoms. The normalized spacial score (nSPS) is 17.4. The first-order valence-electron chi connectivity index (χ1n) is 14.7. The topological polar surface area (TPSA) is 171 Å². The summed E-state index contributed by atoms with van der Waals surface area (Å²) in [5.41, 5.74) is 7.52. The minimum atomic E-state index is -1.09. The van der Waals surface area contributed by atoms with Crippen molar-refractivity contribution in [1.82, 2.24) is 20.9 Å². The Balaban J connectivity index is 1.81. The van der Waals surface area contributed by atoms with Gasteiger partial charge in [-0.05, 0) is 43.2 Å². The van der Waals surface area contributed by atoms with Crippen molar-refractivity contribution in [2.75, 3.05) is 6.54 Å². The Bertz CT molecular complexity index is 1260. The number of carbonyl (C=O) groups is 5. The van der Waals surface area contributed by atoms with E-state index in [0.717, 1.165) is 11.1 Å². The van der Waals surface area contributed by atoms with Crippen LogP contribution in [0.2, 0.25) is 0 Å². The molecule has 0 radical (unpaired) electrons. The van der Waals surface area contributed by atoms with Gasteiger partial charge in [0.1, 0.15) is 24.2 Å². The third-order valence-corrected chi connectivity index (χ3v) is 7.45. The van der Waals surface area contributed by atoms with Crippen LogP contribution in [0.25, 0.3) is 0 Å². The van der Waals surface area contributed by atoms with Gasteiger partial charge in [0.25, 0.3) is 0 Å². The molecular weight excluding hydrogens is 550 g/mol. The van der Waals surface area contributed by atoms with Gasteiger partial charge in [-0.3, -0.25) is 19.2 Å². The number of rotatable bonds is 14. The molecule has 0 bridgehead atoms. The van der Waals surface area contributed by atoms with Crippen LogP contribution < -0.4 is 21.7 Å². The van der Waals surface area contributed by atoms with Gasteiger partial charge in [0.05, 0.1) is 6.04 Å². The summed E-state index contributed by atoms with van der Waals surface area (Å²) in [6.07, 6.45) is 1.60. The third kappa shape index (κ3) is 9.92. The summed E-state index contributed by atoms with van der Waals surface area (Å²) in [6, 6.07) is 13.3. The molecule has 11 heteroatoms. The Labute approximate surface area is 252 Å². The van der Waals surface area contributed by atoms with Crippen LogP contribution in [0.4, 0.5) is 0 Å². The SMILES string of the molecule is CC(C)C[C@H](N)C(=O)N[C@@H](C)C(=O)N[C@@H](Cc1ccccc1)C(=O)N[C@@H](Cc1ccccc1)C(=O)N1CCC[C@H]1C(=O)O. The highest BCUT2D eigenvalue weighted by Crippen LogP contribution is 2.20. The van der Waals surface area contributed by atoms with Gasteiger partial charge in [0.15, 0.2) is 0 Å². The molecule has 0 unspecified atom stereocenters. The molecular formula is C32H43N5O6. The molecule has 6 N–H and O–H groups in total. The zero-order valence-electron chi connectivity index (χ0n) is 25.0. The smallest absolute Gasteiger partial charge is 0.326 e. The van der Waals surface area contributed by atoms with Gasteiger partial charge in [0, 0.05) is 19.4 Å². The quantitative estimate of drug-likeness (QED) is 0.220. The van der Waals surface area contributed by atoms with Crippen LogP contribution in [-0.2, 0) is 36.8 Å². The van der Waals surface area contributed by atoms with E-state index in [1.165, 1.54) is 11.8 Å². The zero-order valence-corrected chi connectivity index (χ0v) is 25.0. The van der Waals surface area contributed by atoms with Crippen LogP contribution in [0.5, 0.6) is 0 Å². The number of carboxylic acids is 1. The van der Waals surface area contributed by atoms with Crippen molar-refractivity contribution in [1.29, 1.82) is 0 Å². The van der Waals surface area contributed by atoms with Crippen molar-refractivity contribution in [2.45, 2.75) is 83.1 Å². The van der Waals surface area contributed by atoms with Crippen molar-refractivity contribution in [3.8, 4) is 0 Å². The van der Waals surface area contributed by atoms with Crippen LogP contribution in [0.15, 0.2) is 60.7 Å². The largest absolute Gasteiger partial charge is 0.480 e. The third-order valence-electron chi connectivity index (χ3n) is 7.45. The van der Waals surface area contributed by atoms with E-state index in [2.05, 4.69) is 16.0 Å². The molecule has 2 aromatic rings. The van der Waals surface area contributed by atoms with E-state index < -0.39 is 59.8 Å². The highest BCUT2D eigenvalue weighted by molar-refractivity contribution is 5.95. The summed E-state index contributed by atoms with van der Waals surface area (Å²) < 4.78 is 0. The van der Waals surface area contributed by atoms with Gasteiger partial charge >= 0.3 is 5.97 Å². The Kier molecular flexibility index (Phi) is 12.2. The van der Waals surface area contributed by atoms with Crippen LogP contribution in [0.3, 0.4) is 0 Å². The Hall–Kier alpha value is -4.25. The first-order valence-corrected chi connectivity index (χ1v) is 14.7. The lowest BCUT2D eigenvalue weighted by atomic mass is 10.0. The average molecular weight is 594 g/mol. The van der Waals surface area contributed by atoms with E-state index in [0.29, 0.717) is 19.3 Å². The van der Waals surface area contributed by atoms with Crippen molar-refractivity contribution < 1.29 is 29.1 Å². The molecule has 2 aromatic carbocycles. The number of amides is 4. The van der Waals surface area contributed by atoms with E-state index >= 15 is 0 Å². The zero-order chi connectivity index (χ0) is 31.5. The molecule has 1 heterocycles. The van der Waals surface area contributed by atoms with E-state index in [9.17, 15) is 29.1 Å². The number of nitrogens with two attached hydrogens (primary N) is 1. The first-order chi connectivity index (χ1) is 20.5. The fraction of sp³-hybridized carbons (Fsp3) is 0.469. The van der Waals surface area contributed by atoms with Gasteiger partial charge in [-0.1, -0.05) is 74.5 Å². The highest BCUT2D eigenvalue weighted by Gasteiger charge is 2.38. The molecule has 1 saturated heterocycles. The summed E-state index contributed by atoms with van der Waals surface area (Å²) in [7, 11) is 0. The summed E-state index contributed by atoms with van der Waals surface area (Å²) in [5.74, 6) is -3.04. The molecule has 232 valence electrons. The van der Waals surface area contributed by atoms with Crippen LogP contribution in [0, 0.1) is 5.92 Å². The molecule has 3 rings (SSSR count). The number of aliphatic carboxylic acids is 1. The number of hydrogen-bond donors (Lipinski definition) is 5. The van der Waals surface area contributed by atoms with Gasteiger partial charge in [0.2, 0.25) is 23.6 Å². The van der Waals surface area contributed by atoms with Crippen molar-refractivity contribution in [3.63, 3.8) is 0 Å². The summed E-state index contributed by atoms with van der Waals surface area (Å²) >= 11 is 0. The molecule has 0 aromatic heterocycles. The second-order valence-corrected chi connectivity index (χ2v) is 11.5. The van der Waals surface area contributed by atoms with Gasteiger partial charge in [-0.15, -0.1) is 0 Å². The number of hydrogen-bond acceptors (Lipinski definition) is 6. The summed E-state index contributed by atoms with van der Waals surface area (Å²) in [6.45, 7) is 5.67. The lowest BCUT2D eigenvalue weighted by molar-refractivity contribution is -0.149. The number of benzene rings is 2. The number of likely N-dealkylation sites (tertiary alicyclic amines) is 1. The van der Waals surface area contributed by atoms with Crippen molar-refractivity contribution in [2.24, 2.45) is 11.7 Å². The van der Waals surface area contributed by atoms with Crippen LogP contribution in [0.1, 0.15) is 51.2 Å². The number of nitrogens with one attached hydrogen (secondary N) is 3. The number of carbonyl (C=O) groups excluding carboxylic acids is 4. The second-order valence-electron chi connectivity index (χ2n) is 11.5. The molecule has 11 nitrogen and oxygen atoms in total. The Morgan fingerprint density at radius 1 is 0.814 bits per heavy atom. The minimum absolute atomic E-state index is 0.125. The minimum Gasteiger partial charge on any atom is -0.480 e. The van der Waals surface area contributed by atoms with Crippen LogP contribution >= 0.6 is 0 Å². The van der Waals surface area contributed by atoms with Crippen molar-refractivity contribution in [3.05, 3.63) is 71.8 Å². The summed E-state index contributed by atoms with van der Waals surface area (Å²) in [5, 5.41) is 17.8. The predicted molar refractivity (Wildman–Crippen MR) is 162 cm³/mol. The van der Waals surface area contributed by atoms with Gasteiger partial charge < -0.3 is 31.7 Å². The maximum atomic E-state index is 13.8. The molecule has 1 aliphatic rings.